The van der Waals surface area contributed by atoms with Crippen molar-refractivity contribution in [3.8, 4) is 11.1 Å². The Labute approximate surface area is 243 Å². The predicted molar refractivity (Wildman–Crippen MR) is 173 cm³/mol. The number of ether oxygens (including phenoxy) is 1. The van der Waals surface area contributed by atoms with Crippen LogP contribution in [-0.2, 0) is 16.4 Å². The van der Waals surface area contributed by atoms with Gasteiger partial charge in [0.25, 0.3) is 0 Å². The SMILES string of the molecule is c1ccc(COCC2([Si](c3ccccc3)(c3ccccc3)c3ccccc3)c3ccccc3-c3ccccc32)cc1. The number of hydrogen-bond acceptors (Lipinski definition) is 1. The Morgan fingerprint density at radius 2 is 0.780 bits per heavy atom. The van der Waals surface area contributed by atoms with Crippen molar-refractivity contribution in [2.75, 3.05) is 6.61 Å². The maximum absolute atomic E-state index is 6.93. The largest absolute Gasteiger partial charge is 0.376 e. The van der Waals surface area contributed by atoms with Crippen LogP contribution in [0.15, 0.2) is 170 Å². The molecular weight excluding hydrogens is 513 g/mol. The Hall–Kier alpha value is -4.50. The van der Waals surface area contributed by atoms with E-state index >= 15 is 0 Å². The normalized spacial score (nSPS) is 13.4. The van der Waals surface area contributed by atoms with Crippen LogP contribution in [0.3, 0.4) is 0 Å². The Bertz CT molecular complexity index is 1610. The molecule has 2 heteroatoms. The lowest BCUT2D eigenvalue weighted by atomic mass is 9.96. The van der Waals surface area contributed by atoms with Gasteiger partial charge in [-0.2, -0.15) is 0 Å². The number of benzene rings is 6. The van der Waals surface area contributed by atoms with Gasteiger partial charge in [-0.1, -0.05) is 170 Å². The summed E-state index contributed by atoms with van der Waals surface area (Å²) < 4.78 is 6.93. The van der Waals surface area contributed by atoms with Crippen LogP contribution >= 0.6 is 0 Å². The first kappa shape index (κ1) is 25.5. The second kappa shape index (κ2) is 10.8. The molecule has 0 saturated carbocycles. The second-order valence-corrected chi connectivity index (χ2v) is 14.9. The molecule has 0 bridgehead atoms. The summed E-state index contributed by atoms with van der Waals surface area (Å²) in [4.78, 5) is 0. The van der Waals surface area contributed by atoms with E-state index in [-0.39, 0.29) is 0 Å². The summed E-state index contributed by atoms with van der Waals surface area (Å²) in [5.74, 6) is 0. The molecule has 0 N–H and O–H groups in total. The Balaban J connectivity index is 1.60. The minimum atomic E-state index is -2.91. The van der Waals surface area contributed by atoms with Gasteiger partial charge >= 0.3 is 0 Å². The molecule has 6 aromatic carbocycles. The molecule has 1 nitrogen and oxygen atoms in total. The van der Waals surface area contributed by atoms with Crippen LogP contribution in [0.25, 0.3) is 11.1 Å². The quantitative estimate of drug-likeness (QED) is 0.150. The van der Waals surface area contributed by atoms with Crippen LogP contribution in [0.5, 0.6) is 0 Å². The third-order valence-corrected chi connectivity index (χ3v) is 14.3. The first-order valence-electron chi connectivity index (χ1n) is 14.3. The average molecular weight is 545 g/mol. The fraction of sp³-hybridized carbons (Fsp3) is 0.0769. The molecule has 0 saturated heterocycles. The molecule has 0 spiro atoms. The van der Waals surface area contributed by atoms with E-state index in [4.69, 9.17) is 4.74 Å². The molecule has 0 aliphatic heterocycles. The summed E-state index contributed by atoms with van der Waals surface area (Å²) in [5.41, 5.74) is 6.53. The minimum Gasteiger partial charge on any atom is -0.376 e. The molecule has 0 amide bonds. The van der Waals surface area contributed by atoms with E-state index in [2.05, 4.69) is 170 Å². The van der Waals surface area contributed by atoms with Gasteiger partial charge in [-0.3, -0.25) is 0 Å². The van der Waals surface area contributed by atoms with Crippen molar-refractivity contribution in [2.45, 2.75) is 11.6 Å². The molecule has 0 radical (unpaired) electrons. The highest BCUT2D eigenvalue weighted by Gasteiger charge is 2.62. The fourth-order valence-corrected chi connectivity index (χ4v) is 13.3. The standard InChI is InChI=1S/C39H32OSi/c1-5-17-31(18-6-1)29-40-30-39(37-27-15-13-25-35(37)36-26-14-16-28-38(36)39)41(32-19-7-2-8-20-32,33-21-9-3-10-22-33)34-23-11-4-12-24-34/h1-28H,29-30H2. The summed E-state index contributed by atoms with van der Waals surface area (Å²) in [6.45, 7) is 1.14. The van der Waals surface area contributed by atoms with Gasteiger partial charge in [0.05, 0.1) is 18.3 Å². The Kier molecular flexibility index (Phi) is 6.72. The molecular formula is C39H32OSi. The minimum absolute atomic E-state index is 0.418. The highest BCUT2D eigenvalue weighted by atomic mass is 28.3. The number of fused-ring (bicyclic) bond motifs is 3. The summed E-state index contributed by atoms with van der Waals surface area (Å²) in [7, 11) is -2.91. The highest BCUT2D eigenvalue weighted by molar-refractivity contribution is 7.13. The summed E-state index contributed by atoms with van der Waals surface area (Å²) in [6.07, 6.45) is 0. The second-order valence-electron chi connectivity index (χ2n) is 10.8. The Morgan fingerprint density at radius 1 is 0.415 bits per heavy atom. The van der Waals surface area contributed by atoms with E-state index in [1.54, 1.807) is 0 Å². The summed E-state index contributed by atoms with van der Waals surface area (Å²) in [6, 6.07) is 62.4. The zero-order chi connectivity index (χ0) is 27.5. The summed E-state index contributed by atoms with van der Waals surface area (Å²) in [5, 5.41) is 3.73. The van der Waals surface area contributed by atoms with Crippen LogP contribution in [0.4, 0.5) is 0 Å². The fourth-order valence-electron chi connectivity index (χ4n) is 7.19. The maximum Gasteiger partial charge on any atom is 0.165 e. The monoisotopic (exact) mass is 544 g/mol. The number of rotatable bonds is 8. The third-order valence-electron chi connectivity index (χ3n) is 8.75. The van der Waals surface area contributed by atoms with Crippen LogP contribution < -0.4 is 15.6 Å². The lowest BCUT2D eigenvalue weighted by Gasteiger charge is -2.49. The third kappa shape index (κ3) is 4.02. The van der Waals surface area contributed by atoms with Crippen LogP contribution in [-0.4, -0.2) is 14.7 Å². The van der Waals surface area contributed by atoms with Crippen molar-refractivity contribution in [3.05, 3.63) is 187 Å². The molecule has 41 heavy (non-hydrogen) atoms. The van der Waals surface area contributed by atoms with Crippen molar-refractivity contribution >= 4 is 23.6 Å². The zero-order valence-electron chi connectivity index (χ0n) is 23.0. The maximum atomic E-state index is 6.93. The van der Waals surface area contributed by atoms with Gasteiger partial charge < -0.3 is 4.74 Å². The van der Waals surface area contributed by atoms with Crippen molar-refractivity contribution in [1.82, 2.24) is 0 Å². The molecule has 0 unspecified atom stereocenters. The van der Waals surface area contributed by atoms with Gasteiger partial charge in [0, 0.05) is 0 Å². The molecule has 7 rings (SSSR count). The van der Waals surface area contributed by atoms with Crippen LogP contribution in [0, 0.1) is 0 Å². The summed E-state index contributed by atoms with van der Waals surface area (Å²) >= 11 is 0. The van der Waals surface area contributed by atoms with Gasteiger partial charge in [0.1, 0.15) is 0 Å². The van der Waals surface area contributed by atoms with Crippen molar-refractivity contribution in [3.63, 3.8) is 0 Å². The van der Waals surface area contributed by atoms with Crippen molar-refractivity contribution in [2.24, 2.45) is 0 Å². The lowest BCUT2D eigenvalue weighted by Crippen LogP contribution is -2.79. The topological polar surface area (TPSA) is 9.23 Å². The Morgan fingerprint density at radius 3 is 1.22 bits per heavy atom. The van der Waals surface area contributed by atoms with Crippen molar-refractivity contribution < 1.29 is 4.74 Å². The number of hydrogen-bond donors (Lipinski definition) is 0. The van der Waals surface area contributed by atoms with Crippen LogP contribution in [0.2, 0.25) is 0 Å². The molecule has 0 fully saturated rings. The molecule has 6 aromatic rings. The van der Waals surface area contributed by atoms with E-state index in [9.17, 15) is 0 Å². The van der Waals surface area contributed by atoms with Gasteiger partial charge in [-0.15, -0.1) is 0 Å². The average Bonchev–Trinajstić information content (AvgIpc) is 3.34. The first-order valence-corrected chi connectivity index (χ1v) is 16.3. The molecule has 0 atom stereocenters. The smallest absolute Gasteiger partial charge is 0.165 e. The molecule has 0 aromatic heterocycles. The predicted octanol–water partition coefficient (Wildman–Crippen LogP) is 6.88. The molecule has 1 aliphatic rings. The lowest BCUT2D eigenvalue weighted by molar-refractivity contribution is 0.104. The van der Waals surface area contributed by atoms with E-state index in [1.165, 1.54) is 43.4 Å². The van der Waals surface area contributed by atoms with E-state index < -0.39 is 13.1 Å². The van der Waals surface area contributed by atoms with Gasteiger partial charge in [-0.05, 0) is 43.4 Å². The van der Waals surface area contributed by atoms with E-state index in [1.807, 2.05) is 0 Å². The van der Waals surface area contributed by atoms with Crippen LogP contribution in [0.1, 0.15) is 16.7 Å². The van der Waals surface area contributed by atoms with Crippen molar-refractivity contribution in [1.29, 1.82) is 0 Å². The van der Waals surface area contributed by atoms with Gasteiger partial charge in [0.2, 0.25) is 0 Å². The van der Waals surface area contributed by atoms with Gasteiger partial charge in [-0.25, -0.2) is 0 Å². The van der Waals surface area contributed by atoms with E-state index in [0.717, 1.165) is 0 Å². The highest BCUT2D eigenvalue weighted by Crippen LogP contribution is 2.53. The molecule has 1 aliphatic carbocycles. The molecule has 0 heterocycles. The van der Waals surface area contributed by atoms with Gasteiger partial charge in [0.15, 0.2) is 8.07 Å². The van der Waals surface area contributed by atoms with E-state index in [0.29, 0.717) is 13.2 Å². The zero-order valence-corrected chi connectivity index (χ0v) is 24.0. The first-order chi connectivity index (χ1) is 20.4. The molecule has 198 valence electrons.